The van der Waals surface area contributed by atoms with Gasteiger partial charge in [-0.15, -0.1) is 0 Å². The molecule has 128 heavy (non-hydrogen) atoms. The van der Waals surface area contributed by atoms with Gasteiger partial charge < -0.3 is 221 Å². The molecule has 0 aliphatic carbocycles. The van der Waals surface area contributed by atoms with Gasteiger partial charge in [0.1, 0.15) is 207 Å². The van der Waals surface area contributed by atoms with E-state index in [0.29, 0.717) is 0 Å². The van der Waals surface area contributed by atoms with Crippen molar-refractivity contribution in [2.45, 2.75) is 340 Å². The first kappa shape index (κ1) is 106. The summed E-state index contributed by atoms with van der Waals surface area (Å²) >= 11 is 0. The molecule has 732 valence electrons. The van der Waals surface area contributed by atoms with Crippen molar-refractivity contribution in [3.05, 3.63) is 0 Å². The summed E-state index contributed by atoms with van der Waals surface area (Å²) in [6.45, 7) is 2.26. The van der Waals surface area contributed by atoms with Crippen LogP contribution >= 0.6 is 0 Å². The smallest absolute Gasteiger partial charge is 0.332 e. The molecule has 8 rings (SSSR count). The number of rotatable bonds is 39. The highest BCUT2D eigenvalue weighted by Crippen LogP contribution is 2.41. The molecule has 0 radical (unpaired) electrons. The number of aliphatic hydroxyl groups excluding tert-OH is 15. The van der Waals surface area contributed by atoms with Crippen LogP contribution in [0.5, 0.6) is 0 Å². The molecule has 10 amide bonds. The molecular formula is C73H120N10O45. The fraction of sp³-hybridized carbons (Fsp3) is 0.849. The summed E-state index contributed by atoms with van der Waals surface area (Å²) in [6, 6.07) is -14.7. The van der Waals surface area contributed by atoms with Gasteiger partial charge in [0.2, 0.25) is 59.1 Å². The Morgan fingerprint density at radius 1 is 0.258 bits per heavy atom. The number of carbonyl (C=O) groups is 11. The quantitative estimate of drug-likeness (QED) is 0.0272. The van der Waals surface area contributed by atoms with Gasteiger partial charge in [-0.2, -0.15) is 0 Å². The Morgan fingerprint density at radius 3 is 0.680 bits per heavy atom. The van der Waals surface area contributed by atoms with E-state index in [0.717, 1.165) is 76.2 Å². The van der Waals surface area contributed by atoms with Crippen LogP contribution in [0, 0.1) is 0 Å². The number of primary amides is 2. The number of carboxylic acid groups (broad SMARTS) is 1. The second kappa shape index (κ2) is 47.5. The zero-order valence-electron chi connectivity index (χ0n) is 71.1. The molecule has 8 aliphatic heterocycles. The largest absolute Gasteiger partial charge is 0.479 e. The third kappa shape index (κ3) is 25.8. The highest BCUT2D eigenvalue weighted by Gasteiger charge is 2.63. The first-order valence-electron chi connectivity index (χ1n) is 40.7. The number of nitrogens with two attached hydrogens (primary N) is 2. The van der Waals surface area contributed by atoms with E-state index in [1.807, 2.05) is 0 Å². The minimum Gasteiger partial charge on any atom is -0.479 e. The molecule has 0 saturated carbocycles. The lowest BCUT2D eigenvalue weighted by Crippen LogP contribution is -2.73. The fourth-order valence-corrected chi connectivity index (χ4v) is 16.1. The molecule has 0 aromatic carbocycles. The summed E-state index contributed by atoms with van der Waals surface area (Å²) in [5, 5.41) is 199. The van der Waals surface area contributed by atoms with Gasteiger partial charge in [-0.1, -0.05) is 0 Å². The predicted molar refractivity (Wildman–Crippen MR) is 408 cm³/mol. The molecule has 55 nitrogen and oxygen atoms in total. The Bertz CT molecular complexity index is 3710. The Hall–Kier alpha value is -7.15. The lowest BCUT2D eigenvalue weighted by molar-refractivity contribution is -0.377. The molecule has 55 heteroatoms. The van der Waals surface area contributed by atoms with Crippen LogP contribution in [-0.2, 0) is 138 Å². The molecule has 8 heterocycles. The Kier molecular flexibility index (Phi) is 39.4. The number of amides is 10. The third-order valence-electron chi connectivity index (χ3n) is 22.0. The van der Waals surface area contributed by atoms with Gasteiger partial charge in [0.05, 0.1) is 52.9 Å². The van der Waals surface area contributed by atoms with Crippen molar-refractivity contribution in [2.75, 3.05) is 52.9 Å². The number of aliphatic hydroxyl groups is 15. The number of hydrogen-bond acceptors (Lipinski definition) is 44. The van der Waals surface area contributed by atoms with Crippen LogP contribution in [0.2, 0.25) is 0 Å². The van der Waals surface area contributed by atoms with E-state index < -0.39 is 381 Å². The first-order chi connectivity index (χ1) is 60.3. The molecule has 0 unspecified atom stereocenters. The Balaban J connectivity index is 1.10. The molecule has 0 aromatic rings. The summed E-state index contributed by atoms with van der Waals surface area (Å²) in [4.78, 5) is 143. The van der Waals surface area contributed by atoms with Crippen molar-refractivity contribution in [1.29, 1.82) is 0 Å². The monoisotopic (exact) mass is 1860 g/mol. The Labute approximate surface area is 729 Å². The average molecular weight is 1860 g/mol. The molecule has 8 saturated heterocycles. The van der Waals surface area contributed by atoms with Crippen molar-refractivity contribution >= 4 is 65.0 Å². The van der Waals surface area contributed by atoms with Crippen LogP contribution < -0.4 is 54.0 Å². The van der Waals surface area contributed by atoms with E-state index in [2.05, 4.69) is 42.5 Å². The minimum absolute atomic E-state index is 0.755. The maximum Gasteiger partial charge on any atom is 0.332 e. The van der Waals surface area contributed by atoms with E-state index >= 15 is 0 Å². The zero-order chi connectivity index (χ0) is 95.2. The summed E-state index contributed by atoms with van der Waals surface area (Å²) in [5.74, 6) is -11.2. The topological polar surface area (TPSA) is 826 Å². The van der Waals surface area contributed by atoms with E-state index in [9.17, 15) is 134 Å². The van der Waals surface area contributed by atoms with Crippen LogP contribution in [0.15, 0.2) is 0 Å². The lowest BCUT2D eigenvalue weighted by Gasteiger charge is -2.53. The number of nitrogens with one attached hydrogen (secondary N) is 8. The molecule has 0 bridgehead atoms. The van der Waals surface area contributed by atoms with Gasteiger partial charge in [0.15, 0.2) is 56.4 Å². The number of aliphatic carboxylic acids is 1. The van der Waals surface area contributed by atoms with Crippen molar-refractivity contribution in [3.63, 3.8) is 0 Å². The molecule has 43 atom stereocenters. The number of hydrogen-bond donors (Lipinski definition) is 26. The highest BCUT2D eigenvalue weighted by atomic mass is 16.8. The van der Waals surface area contributed by atoms with E-state index in [4.69, 9.17) is 96.7 Å². The molecule has 0 aromatic heterocycles. The third-order valence-corrected chi connectivity index (χ3v) is 22.0. The zero-order valence-corrected chi connectivity index (χ0v) is 71.1. The maximum atomic E-state index is 13.6. The molecular weight excluding hydrogens is 1740 g/mol. The summed E-state index contributed by atoms with van der Waals surface area (Å²) in [5.41, 5.74) is 11.4. The molecule has 8 fully saturated rings. The van der Waals surface area contributed by atoms with E-state index in [1.165, 1.54) is 0 Å². The van der Waals surface area contributed by atoms with Crippen molar-refractivity contribution in [1.82, 2.24) is 42.5 Å². The van der Waals surface area contributed by atoms with Crippen molar-refractivity contribution in [3.8, 4) is 0 Å². The van der Waals surface area contributed by atoms with Gasteiger partial charge in [0.25, 0.3) is 0 Å². The van der Waals surface area contributed by atoms with Crippen molar-refractivity contribution < 1.29 is 220 Å². The first-order valence-corrected chi connectivity index (χ1v) is 40.7. The second-order valence-corrected chi connectivity index (χ2v) is 31.7. The number of carbonyl (C=O) groups excluding carboxylic acids is 10. The van der Waals surface area contributed by atoms with Crippen LogP contribution in [0.1, 0.15) is 76.2 Å². The van der Waals surface area contributed by atoms with Crippen LogP contribution in [0.3, 0.4) is 0 Å². The SMILES string of the molecule is CC(=O)N[C@@H]1[C@@H](O)[C@H](O[C@@H]2O[C@H](CO)[C@@H](O[C@@H]3O[C@H](CO)[C@@H](O[C@@H]4O[C@H](CO)[C@@H](O[C@@H]5O[C@H](CO)[C@@H](O[C@@H]6O[C@H](CO)[C@@H](O[C@@H]7O[C@H](CO)[C@@H](O[C@@H]8O[C@H](CO)[C@@H](O)[C@H](O)[C@H]8NC(C)=O)[C@H](O[C@H](C)C(N)=O)[C@H]7NC(C)=O)[C@H](O)[C@H]6NC(C)=O)[C@H](O[C@H](C)C(N)=O)[C@H]5NC(C)=O)[C@H](O)[C@H]4NC(C)=O)[C@H](O[C@H](C)C(=O)O)[C@H]3NC(C)=O)[C@H](O)[C@H]2NC(C)=O)[C@@H](CO)O[C@H]1O. The highest BCUT2D eigenvalue weighted by molar-refractivity contribution is 5.79. The van der Waals surface area contributed by atoms with E-state index in [1.54, 1.807) is 0 Å². The normalized spacial score (nSPS) is 41.1. The van der Waals surface area contributed by atoms with Crippen molar-refractivity contribution in [2.24, 2.45) is 11.5 Å². The van der Waals surface area contributed by atoms with Gasteiger partial charge in [-0.05, 0) is 20.8 Å². The molecule has 28 N–H and O–H groups in total. The summed E-state index contributed by atoms with van der Waals surface area (Å²) in [7, 11) is 0. The standard InChI is InChI=1S/C73H120N10O45/c1-20(63(74)106)111-60-44(81-28(9)97)71(119-36(17-89)57(60)126-67-40(77-24(5)93)48(101)47(100)31(12-84)115-67)123-55-34(15-87)117-69(42(51(55)104)79-26(7)95)127-58-37(18-90)120-72(45(82-29(10)98)61(58)112-21(2)64(75)107)124-56-35(16-88)118-70(43(52(56)105)80-27(8)96)128-59-38(19-91)121-73(46(83-30(11)99)62(59)113-22(3)65(108)109)125-54-33(14-86)116-68(41(50(54)103)78-25(6)94)122-53-32(13-85)114-66(110)39(49(53)102)76-23(4)92/h20-22,31-62,66-73,84-91,100-105,110H,12-19H2,1-11H3,(H2,74,106)(H2,75,107)(H,76,92)(H,77,93)(H,78,94)(H,79,95)(H,80,96)(H,81,97)(H,82,98)(H,83,99)(H,108,109)/t20-,21-,22-,31-,32-,33-,34-,35-,36-,37-,38-,39-,40-,41-,42-,43-,44-,45-,46-,47-,48-,49-,50-,51-,52-,53-,54-,55-,56-,57-,58-,59-,60-,61-,62-,66-,67+,68+,69+,70+,71+,72+,73+/m1/s1. The van der Waals surface area contributed by atoms with Gasteiger partial charge >= 0.3 is 5.97 Å². The number of ether oxygens (including phenoxy) is 18. The maximum absolute atomic E-state index is 13.6. The van der Waals surface area contributed by atoms with Gasteiger partial charge in [-0.25, -0.2) is 4.79 Å². The Morgan fingerprint density at radius 2 is 0.445 bits per heavy atom. The number of carboxylic acids is 1. The van der Waals surface area contributed by atoms with Gasteiger partial charge in [-0.3, -0.25) is 47.9 Å². The predicted octanol–water partition coefficient (Wildman–Crippen LogP) is -17.0. The fourth-order valence-electron chi connectivity index (χ4n) is 16.1. The van der Waals surface area contributed by atoms with Crippen LogP contribution in [0.4, 0.5) is 0 Å². The summed E-state index contributed by atoms with van der Waals surface area (Å²) < 4.78 is 112. The molecule has 8 aliphatic rings. The summed E-state index contributed by atoms with van der Waals surface area (Å²) in [6.07, 6.45) is -68.0. The van der Waals surface area contributed by atoms with E-state index in [-0.39, 0.29) is 0 Å². The van der Waals surface area contributed by atoms with Gasteiger partial charge in [0, 0.05) is 55.4 Å². The van der Waals surface area contributed by atoms with Crippen LogP contribution in [0.25, 0.3) is 0 Å². The molecule has 0 spiro atoms. The average Bonchev–Trinajstić information content (AvgIpc) is 0.758. The van der Waals surface area contributed by atoms with Crippen LogP contribution in [-0.4, -0.2) is 463 Å². The lowest BCUT2D eigenvalue weighted by atomic mass is 9.92. The minimum atomic E-state index is -2.29. The second-order valence-electron chi connectivity index (χ2n) is 31.7.